The molecular formula is C28H26N2O7. The van der Waals surface area contributed by atoms with E-state index in [1.165, 1.54) is 30.2 Å². The van der Waals surface area contributed by atoms with Crippen molar-refractivity contribution in [3.8, 4) is 5.75 Å². The molecule has 1 amide bonds. The molecule has 3 aromatic rings. The minimum atomic E-state index is -0.902. The van der Waals surface area contributed by atoms with Gasteiger partial charge in [0.05, 0.1) is 23.1 Å². The number of carbonyl (C=O) groups is 2. The first-order valence-corrected chi connectivity index (χ1v) is 11.6. The number of ether oxygens (including phenoxy) is 2. The van der Waals surface area contributed by atoms with Gasteiger partial charge in [0.2, 0.25) is 0 Å². The number of aliphatic hydroxyl groups excluding tert-OH is 1. The molecule has 0 radical (unpaired) electrons. The van der Waals surface area contributed by atoms with E-state index in [0.717, 1.165) is 17.2 Å². The Labute approximate surface area is 213 Å². The Bertz CT molecular complexity index is 1350. The summed E-state index contributed by atoms with van der Waals surface area (Å²) in [5.41, 5.74) is 2.43. The van der Waals surface area contributed by atoms with Gasteiger partial charge in [0.15, 0.2) is 0 Å². The fourth-order valence-electron chi connectivity index (χ4n) is 4.17. The molecule has 0 saturated carbocycles. The molecule has 3 aromatic carbocycles. The number of likely N-dealkylation sites (tertiary alicyclic amines) is 1. The number of non-ortho nitro benzene ring substituents is 1. The molecular weight excluding hydrogens is 476 g/mol. The summed E-state index contributed by atoms with van der Waals surface area (Å²) < 4.78 is 11.0. The smallest absolute Gasteiger partial charge is 0.295 e. The molecule has 0 aliphatic carbocycles. The van der Waals surface area contributed by atoms with Gasteiger partial charge in [-0.3, -0.25) is 19.7 Å². The number of ketones is 1. The normalized spacial score (nSPS) is 16.7. The Kier molecular flexibility index (Phi) is 7.64. The third-order valence-corrected chi connectivity index (χ3v) is 6.13. The molecule has 1 aliphatic rings. The van der Waals surface area contributed by atoms with Crippen molar-refractivity contribution in [3.05, 3.63) is 111 Å². The van der Waals surface area contributed by atoms with Crippen LogP contribution in [-0.4, -0.2) is 46.9 Å². The molecule has 0 aromatic heterocycles. The lowest BCUT2D eigenvalue weighted by Gasteiger charge is -2.25. The van der Waals surface area contributed by atoms with E-state index < -0.39 is 28.4 Å². The maximum atomic E-state index is 13.0. The summed E-state index contributed by atoms with van der Waals surface area (Å²) in [4.78, 5) is 37.9. The second-order valence-corrected chi connectivity index (χ2v) is 8.64. The minimum Gasteiger partial charge on any atom is -0.507 e. The maximum absolute atomic E-state index is 13.0. The molecule has 9 heteroatoms. The van der Waals surface area contributed by atoms with Crippen molar-refractivity contribution in [3.63, 3.8) is 0 Å². The van der Waals surface area contributed by atoms with Crippen molar-refractivity contribution >= 4 is 23.1 Å². The zero-order chi connectivity index (χ0) is 26.5. The molecule has 4 rings (SSSR count). The van der Waals surface area contributed by atoms with E-state index in [2.05, 4.69) is 0 Å². The minimum absolute atomic E-state index is 0.0713. The first kappa shape index (κ1) is 25.6. The Balaban J connectivity index is 1.68. The number of nitrogens with zero attached hydrogens (tertiary/aromatic N) is 2. The van der Waals surface area contributed by atoms with Crippen LogP contribution in [0.2, 0.25) is 0 Å². The predicted octanol–water partition coefficient (Wildman–Crippen LogP) is 4.55. The quantitative estimate of drug-likeness (QED) is 0.150. The molecule has 0 spiro atoms. The second kappa shape index (κ2) is 11.0. The van der Waals surface area contributed by atoms with Crippen LogP contribution in [0, 0.1) is 17.0 Å². The SMILES string of the molecule is COCCN1C(=O)C(=O)/C(=C(\O)c2cccc([N+](=O)[O-])c2)C1c1ccc(OCc2ccc(C)cc2)cc1. The highest BCUT2D eigenvalue weighted by atomic mass is 16.6. The van der Waals surface area contributed by atoms with E-state index in [9.17, 15) is 24.8 Å². The van der Waals surface area contributed by atoms with E-state index in [-0.39, 0.29) is 30.0 Å². The number of nitro benzene ring substituents is 1. The van der Waals surface area contributed by atoms with E-state index in [0.29, 0.717) is 17.9 Å². The molecule has 1 heterocycles. The lowest BCUT2D eigenvalue weighted by molar-refractivity contribution is -0.384. The summed E-state index contributed by atoms with van der Waals surface area (Å²) >= 11 is 0. The standard InChI is InChI=1S/C28H26N2O7/c1-18-6-8-19(9-7-18)17-37-23-12-10-20(11-13-23)25-24(27(32)28(33)29(25)14-15-36-2)26(31)21-4-3-5-22(16-21)30(34)35/h3-13,16,25,31H,14-15,17H2,1-2H3/b26-24-. The van der Waals surface area contributed by atoms with Gasteiger partial charge in [-0.25, -0.2) is 0 Å². The molecule has 190 valence electrons. The molecule has 37 heavy (non-hydrogen) atoms. The molecule has 1 fully saturated rings. The van der Waals surface area contributed by atoms with Crippen LogP contribution in [0.3, 0.4) is 0 Å². The fraction of sp³-hybridized carbons (Fsp3) is 0.214. The van der Waals surface area contributed by atoms with Crippen LogP contribution in [0.15, 0.2) is 78.4 Å². The highest BCUT2D eigenvalue weighted by Crippen LogP contribution is 2.40. The number of nitro groups is 1. The summed E-state index contributed by atoms with van der Waals surface area (Å²) in [6.45, 7) is 2.68. The lowest BCUT2D eigenvalue weighted by atomic mass is 9.95. The van der Waals surface area contributed by atoms with Gasteiger partial charge in [-0.2, -0.15) is 0 Å². The van der Waals surface area contributed by atoms with Crippen LogP contribution in [-0.2, 0) is 20.9 Å². The third kappa shape index (κ3) is 5.52. The zero-order valence-electron chi connectivity index (χ0n) is 20.4. The number of hydrogen-bond acceptors (Lipinski definition) is 7. The van der Waals surface area contributed by atoms with Gasteiger partial charge in [0, 0.05) is 31.4 Å². The number of hydrogen-bond donors (Lipinski definition) is 1. The van der Waals surface area contributed by atoms with Crippen molar-refractivity contribution in [1.82, 2.24) is 4.90 Å². The van der Waals surface area contributed by atoms with Crippen LogP contribution >= 0.6 is 0 Å². The van der Waals surface area contributed by atoms with Crippen LogP contribution in [0.25, 0.3) is 5.76 Å². The molecule has 1 saturated heterocycles. The predicted molar refractivity (Wildman–Crippen MR) is 136 cm³/mol. The van der Waals surface area contributed by atoms with Gasteiger partial charge in [-0.1, -0.05) is 54.1 Å². The van der Waals surface area contributed by atoms with Gasteiger partial charge in [0.1, 0.15) is 18.1 Å². The number of benzene rings is 3. The van der Waals surface area contributed by atoms with Gasteiger partial charge in [-0.05, 0) is 30.2 Å². The third-order valence-electron chi connectivity index (χ3n) is 6.13. The topological polar surface area (TPSA) is 119 Å². The van der Waals surface area contributed by atoms with Crippen LogP contribution < -0.4 is 4.74 Å². The van der Waals surface area contributed by atoms with Crippen LogP contribution in [0.5, 0.6) is 5.75 Å². The van der Waals surface area contributed by atoms with Crippen LogP contribution in [0.1, 0.15) is 28.3 Å². The monoisotopic (exact) mass is 502 g/mol. The van der Waals surface area contributed by atoms with Crippen molar-refractivity contribution < 1.29 is 29.1 Å². The molecule has 9 nitrogen and oxygen atoms in total. The average molecular weight is 503 g/mol. The molecule has 1 N–H and O–H groups in total. The second-order valence-electron chi connectivity index (χ2n) is 8.64. The fourth-order valence-corrected chi connectivity index (χ4v) is 4.17. The van der Waals surface area contributed by atoms with Crippen molar-refractivity contribution in [1.29, 1.82) is 0 Å². The number of amides is 1. The number of aliphatic hydroxyl groups is 1. The maximum Gasteiger partial charge on any atom is 0.295 e. The number of methoxy groups -OCH3 is 1. The number of Topliss-reactive ketones (excluding diaryl/α,β-unsaturated/α-hetero) is 1. The highest BCUT2D eigenvalue weighted by Gasteiger charge is 2.46. The van der Waals surface area contributed by atoms with E-state index in [1.54, 1.807) is 24.3 Å². The summed E-state index contributed by atoms with van der Waals surface area (Å²) in [6, 6.07) is 19.3. The Hall–Kier alpha value is -4.50. The lowest BCUT2D eigenvalue weighted by Crippen LogP contribution is -2.32. The molecule has 0 bridgehead atoms. The first-order chi connectivity index (χ1) is 17.8. The summed E-state index contributed by atoms with van der Waals surface area (Å²) in [6.07, 6.45) is 0. The van der Waals surface area contributed by atoms with Crippen LogP contribution in [0.4, 0.5) is 5.69 Å². The van der Waals surface area contributed by atoms with Crippen molar-refractivity contribution in [2.45, 2.75) is 19.6 Å². The highest BCUT2D eigenvalue weighted by molar-refractivity contribution is 6.46. The molecule has 1 unspecified atom stereocenters. The number of carbonyl (C=O) groups excluding carboxylic acids is 2. The summed E-state index contributed by atoms with van der Waals surface area (Å²) in [5, 5.41) is 22.3. The van der Waals surface area contributed by atoms with Gasteiger partial charge in [-0.15, -0.1) is 0 Å². The zero-order valence-corrected chi connectivity index (χ0v) is 20.4. The Morgan fingerprint density at radius 3 is 2.41 bits per heavy atom. The Morgan fingerprint density at radius 1 is 1.05 bits per heavy atom. The van der Waals surface area contributed by atoms with E-state index in [4.69, 9.17) is 9.47 Å². The van der Waals surface area contributed by atoms with Gasteiger partial charge in [0.25, 0.3) is 17.4 Å². The number of rotatable bonds is 9. The van der Waals surface area contributed by atoms with Crippen molar-refractivity contribution in [2.75, 3.05) is 20.3 Å². The van der Waals surface area contributed by atoms with E-state index in [1.807, 2.05) is 31.2 Å². The molecule has 1 aliphatic heterocycles. The Morgan fingerprint density at radius 2 is 1.76 bits per heavy atom. The molecule has 1 atom stereocenters. The first-order valence-electron chi connectivity index (χ1n) is 11.6. The van der Waals surface area contributed by atoms with Gasteiger partial charge < -0.3 is 19.5 Å². The van der Waals surface area contributed by atoms with Crippen molar-refractivity contribution in [2.24, 2.45) is 0 Å². The number of aryl methyl sites for hydroxylation is 1. The summed E-state index contributed by atoms with van der Waals surface area (Å²) in [7, 11) is 1.48. The summed E-state index contributed by atoms with van der Waals surface area (Å²) in [5.74, 6) is -1.54. The van der Waals surface area contributed by atoms with Gasteiger partial charge >= 0.3 is 0 Å². The van der Waals surface area contributed by atoms with E-state index >= 15 is 0 Å². The average Bonchev–Trinajstić information content (AvgIpc) is 3.16. The largest absolute Gasteiger partial charge is 0.507 e.